The van der Waals surface area contributed by atoms with Gasteiger partial charge in [0.05, 0.1) is 12.4 Å². The third-order valence-corrected chi connectivity index (χ3v) is 5.33. The van der Waals surface area contributed by atoms with E-state index in [1.807, 2.05) is 31.2 Å². The van der Waals surface area contributed by atoms with Gasteiger partial charge in [-0.1, -0.05) is 12.1 Å². The minimum atomic E-state index is -0.536. The van der Waals surface area contributed by atoms with E-state index in [1.54, 1.807) is 11.6 Å². The Morgan fingerprint density at radius 3 is 2.80 bits per heavy atom. The van der Waals surface area contributed by atoms with E-state index in [2.05, 4.69) is 15.1 Å². The maximum atomic E-state index is 12.6. The summed E-state index contributed by atoms with van der Waals surface area (Å²) in [5.41, 5.74) is 1.62. The highest BCUT2D eigenvalue weighted by molar-refractivity contribution is 5.68. The van der Waals surface area contributed by atoms with Gasteiger partial charge in [0.15, 0.2) is 11.2 Å². The van der Waals surface area contributed by atoms with Crippen molar-refractivity contribution in [1.82, 2.24) is 28.9 Å². The van der Waals surface area contributed by atoms with Gasteiger partial charge in [-0.3, -0.25) is 9.36 Å². The first kappa shape index (κ1) is 18.3. The van der Waals surface area contributed by atoms with Gasteiger partial charge in [0.25, 0.3) is 5.56 Å². The largest absolute Gasteiger partial charge is 0.490 e. The minimum Gasteiger partial charge on any atom is -0.490 e. The molecule has 0 aliphatic heterocycles. The molecule has 1 fully saturated rings. The SMILES string of the molecule is Cc1cccc(OC2CC(n3nc(Cn4cnc5ncn(C)c5c4=O)oc3=O)C2)c1. The Labute approximate surface area is 170 Å². The molecule has 0 radical (unpaired) electrons. The predicted octanol–water partition coefficient (Wildman–Crippen LogP) is 1.42. The highest BCUT2D eigenvalue weighted by Gasteiger charge is 2.35. The van der Waals surface area contributed by atoms with Crippen LogP contribution >= 0.6 is 0 Å². The van der Waals surface area contributed by atoms with Crippen LogP contribution in [-0.4, -0.2) is 35.0 Å². The second-order valence-corrected chi connectivity index (χ2v) is 7.59. The molecule has 10 heteroatoms. The summed E-state index contributed by atoms with van der Waals surface area (Å²) in [4.78, 5) is 33.1. The summed E-state index contributed by atoms with van der Waals surface area (Å²) in [5, 5.41) is 4.29. The molecular weight excluding hydrogens is 388 g/mol. The number of aromatic nitrogens is 6. The van der Waals surface area contributed by atoms with Gasteiger partial charge in [-0.25, -0.2) is 14.8 Å². The van der Waals surface area contributed by atoms with E-state index in [4.69, 9.17) is 9.15 Å². The second-order valence-electron chi connectivity index (χ2n) is 7.59. The van der Waals surface area contributed by atoms with Gasteiger partial charge in [-0.2, -0.15) is 4.68 Å². The van der Waals surface area contributed by atoms with E-state index in [-0.39, 0.29) is 30.1 Å². The average molecular weight is 408 g/mol. The lowest BCUT2D eigenvalue weighted by Crippen LogP contribution is -2.39. The zero-order valence-electron chi connectivity index (χ0n) is 16.6. The van der Waals surface area contributed by atoms with Gasteiger partial charge >= 0.3 is 5.76 Å². The average Bonchev–Trinajstić information content (AvgIpc) is 3.23. The van der Waals surface area contributed by atoms with Crippen molar-refractivity contribution in [2.45, 2.75) is 38.5 Å². The Balaban J connectivity index is 1.29. The van der Waals surface area contributed by atoms with Crippen LogP contribution in [0.1, 0.15) is 30.3 Å². The minimum absolute atomic E-state index is 0.0190. The molecule has 5 rings (SSSR count). The van der Waals surface area contributed by atoms with E-state index < -0.39 is 5.76 Å². The molecule has 1 aromatic carbocycles. The Bertz CT molecular complexity index is 1340. The number of rotatable bonds is 5. The Morgan fingerprint density at radius 1 is 1.20 bits per heavy atom. The molecular formula is C20H20N6O4. The van der Waals surface area contributed by atoms with Crippen molar-refractivity contribution in [1.29, 1.82) is 0 Å². The number of hydrogen-bond acceptors (Lipinski definition) is 7. The topological polar surface area (TPSA) is 110 Å². The zero-order chi connectivity index (χ0) is 20.8. The molecule has 154 valence electrons. The molecule has 10 nitrogen and oxygen atoms in total. The summed E-state index contributed by atoms with van der Waals surface area (Å²) in [6, 6.07) is 7.79. The van der Waals surface area contributed by atoms with Crippen molar-refractivity contribution in [2.24, 2.45) is 7.05 Å². The van der Waals surface area contributed by atoms with E-state index >= 15 is 0 Å². The van der Waals surface area contributed by atoms with E-state index in [0.717, 1.165) is 11.3 Å². The Hall–Kier alpha value is -3.69. The van der Waals surface area contributed by atoms with Crippen LogP contribution in [0.15, 0.2) is 50.9 Å². The molecule has 3 aromatic heterocycles. The number of benzene rings is 1. The molecule has 1 saturated carbocycles. The monoisotopic (exact) mass is 408 g/mol. The van der Waals surface area contributed by atoms with Crippen LogP contribution in [0.4, 0.5) is 0 Å². The van der Waals surface area contributed by atoms with Crippen LogP contribution in [0.2, 0.25) is 0 Å². The van der Waals surface area contributed by atoms with E-state index in [9.17, 15) is 9.59 Å². The second kappa shape index (κ2) is 6.97. The summed E-state index contributed by atoms with van der Waals surface area (Å²) in [6.45, 7) is 2.03. The highest BCUT2D eigenvalue weighted by atomic mass is 16.5. The van der Waals surface area contributed by atoms with Crippen LogP contribution in [0.3, 0.4) is 0 Å². The van der Waals surface area contributed by atoms with Crippen LogP contribution in [0, 0.1) is 6.92 Å². The number of aryl methyl sites for hydroxylation is 2. The summed E-state index contributed by atoms with van der Waals surface area (Å²) in [6.07, 6.45) is 4.28. The maximum absolute atomic E-state index is 12.6. The lowest BCUT2D eigenvalue weighted by Gasteiger charge is -2.34. The quantitative estimate of drug-likeness (QED) is 0.491. The molecule has 0 amide bonds. The lowest BCUT2D eigenvalue weighted by atomic mass is 9.89. The molecule has 1 aliphatic carbocycles. The van der Waals surface area contributed by atoms with Gasteiger partial charge in [0, 0.05) is 19.9 Å². The summed E-state index contributed by atoms with van der Waals surface area (Å²) in [7, 11) is 1.73. The molecule has 0 saturated heterocycles. The summed E-state index contributed by atoms with van der Waals surface area (Å²) >= 11 is 0. The number of hydrogen-bond donors (Lipinski definition) is 0. The molecule has 3 heterocycles. The molecule has 1 aliphatic rings. The van der Waals surface area contributed by atoms with Crippen molar-refractivity contribution in [3.8, 4) is 5.75 Å². The highest BCUT2D eigenvalue weighted by Crippen LogP contribution is 2.34. The van der Waals surface area contributed by atoms with Gasteiger partial charge < -0.3 is 13.7 Å². The van der Waals surface area contributed by atoms with Gasteiger partial charge in [-0.15, -0.1) is 5.10 Å². The van der Waals surface area contributed by atoms with Gasteiger partial charge in [0.1, 0.15) is 24.7 Å². The molecule has 0 N–H and O–H groups in total. The van der Waals surface area contributed by atoms with E-state index in [0.29, 0.717) is 24.0 Å². The summed E-state index contributed by atoms with van der Waals surface area (Å²) in [5.74, 6) is 0.448. The third-order valence-electron chi connectivity index (χ3n) is 5.33. The molecule has 0 bridgehead atoms. The van der Waals surface area contributed by atoms with Crippen molar-refractivity contribution < 1.29 is 9.15 Å². The first-order valence-corrected chi connectivity index (χ1v) is 9.66. The first-order valence-electron chi connectivity index (χ1n) is 9.66. The molecule has 0 spiro atoms. The van der Waals surface area contributed by atoms with E-state index in [1.165, 1.54) is 21.9 Å². The van der Waals surface area contributed by atoms with Crippen LogP contribution in [0.25, 0.3) is 11.2 Å². The standard InChI is InChI=1S/C20H20N6O4/c1-12-4-3-5-14(6-12)29-15-7-13(8-15)26-20(28)30-16(23-26)9-25-11-22-18-17(19(25)27)24(2)10-21-18/h3-6,10-11,13,15H,7-9H2,1-2H3. The maximum Gasteiger partial charge on any atom is 0.437 e. The Morgan fingerprint density at radius 2 is 2.00 bits per heavy atom. The smallest absolute Gasteiger partial charge is 0.437 e. The predicted molar refractivity (Wildman–Crippen MR) is 107 cm³/mol. The zero-order valence-corrected chi connectivity index (χ0v) is 16.6. The Kier molecular flexibility index (Phi) is 4.27. The van der Waals surface area contributed by atoms with Gasteiger partial charge in [-0.05, 0) is 24.6 Å². The van der Waals surface area contributed by atoms with Crippen molar-refractivity contribution >= 4 is 11.2 Å². The van der Waals surface area contributed by atoms with Crippen LogP contribution in [-0.2, 0) is 13.6 Å². The van der Waals surface area contributed by atoms with Crippen molar-refractivity contribution in [2.75, 3.05) is 0 Å². The fourth-order valence-corrected chi connectivity index (χ4v) is 3.67. The molecule has 0 atom stereocenters. The number of fused-ring (bicyclic) bond motifs is 1. The molecule has 4 aromatic rings. The van der Waals surface area contributed by atoms with Crippen molar-refractivity contribution in [3.63, 3.8) is 0 Å². The molecule has 30 heavy (non-hydrogen) atoms. The first-order chi connectivity index (χ1) is 14.5. The fraction of sp³-hybridized carbons (Fsp3) is 0.350. The molecule has 0 unspecified atom stereocenters. The normalized spacial score (nSPS) is 18.5. The summed E-state index contributed by atoms with van der Waals surface area (Å²) < 4.78 is 15.5. The number of imidazole rings is 1. The number of nitrogens with zero attached hydrogens (tertiary/aromatic N) is 6. The third kappa shape index (κ3) is 3.19. The number of ether oxygens (including phenoxy) is 1. The van der Waals surface area contributed by atoms with Crippen LogP contribution in [0.5, 0.6) is 5.75 Å². The van der Waals surface area contributed by atoms with Crippen LogP contribution < -0.4 is 16.1 Å². The van der Waals surface area contributed by atoms with Crippen molar-refractivity contribution in [3.05, 3.63) is 69.3 Å². The van der Waals surface area contributed by atoms with Gasteiger partial charge in [0.2, 0.25) is 5.89 Å². The fourth-order valence-electron chi connectivity index (χ4n) is 3.67. The lowest BCUT2D eigenvalue weighted by molar-refractivity contribution is 0.0615.